The Hall–Kier alpha value is -1.84. The minimum atomic E-state index is -0.954. The van der Waals surface area contributed by atoms with E-state index in [4.69, 9.17) is 5.11 Å². The highest BCUT2D eigenvalue weighted by Gasteiger charge is 2.22. The molecule has 0 aliphatic rings. The Bertz CT molecular complexity index is 459. The third-order valence-electron chi connectivity index (χ3n) is 3.98. The highest BCUT2D eigenvalue weighted by Crippen LogP contribution is 2.19. The molecular weight excluding hydrogens is 290 g/mol. The Morgan fingerprint density at radius 3 is 2.22 bits per heavy atom. The number of rotatable bonds is 12. The predicted octanol–water partition coefficient (Wildman–Crippen LogP) is 4.11. The van der Waals surface area contributed by atoms with Gasteiger partial charge in [0.25, 0.3) is 0 Å². The summed E-state index contributed by atoms with van der Waals surface area (Å²) in [6.45, 7) is 2.82. The van der Waals surface area contributed by atoms with Gasteiger partial charge in [0.2, 0.25) is 5.91 Å². The summed E-state index contributed by atoms with van der Waals surface area (Å²) in [5.74, 6) is -1.76. The van der Waals surface area contributed by atoms with E-state index in [9.17, 15) is 9.59 Å². The first kappa shape index (κ1) is 19.2. The lowest BCUT2D eigenvalue weighted by molar-refractivity contribution is -0.139. The van der Waals surface area contributed by atoms with Gasteiger partial charge in [-0.05, 0) is 12.0 Å². The summed E-state index contributed by atoms with van der Waals surface area (Å²) in [6, 6.07) is 9.13. The second kappa shape index (κ2) is 11.7. The second-order valence-electron chi connectivity index (χ2n) is 5.97. The Morgan fingerprint density at radius 2 is 1.61 bits per heavy atom. The number of hydrogen-bond acceptors (Lipinski definition) is 2. The summed E-state index contributed by atoms with van der Waals surface area (Å²) in [5, 5.41) is 11.9. The number of carbonyl (C=O) groups is 2. The number of carboxylic acid groups (broad SMARTS) is 1. The highest BCUT2D eigenvalue weighted by atomic mass is 16.4. The predicted molar refractivity (Wildman–Crippen MR) is 92.4 cm³/mol. The molecule has 4 heteroatoms. The van der Waals surface area contributed by atoms with E-state index < -0.39 is 11.9 Å². The van der Waals surface area contributed by atoms with Crippen LogP contribution in [0.15, 0.2) is 30.3 Å². The molecule has 0 fully saturated rings. The van der Waals surface area contributed by atoms with Crippen LogP contribution in [0.3, 0.4) is 0 Å². The van der Waals surface area contributed by atoms with Crippen LogP contribution in [0.4, 0.5) is 0 Å². The molecule has 0 bridgehead atoms. The summed E-state index contributed by atoms with van der Waals surface area (Å²) in [7, 11) is 0. The molecular formula is C19H29NO3. The van der Waals surface area contributed by atoms with Gasteiger partial charge in [0, 0.05) is 6.54 Å². The van der Waals surface area contributed by atoms with Gasteiger partial charge in [0.1, 0.15) is 0 Å². The van der Waals surface area contributed by atoms with Crippen LogP contribution in [0.2, 0.25) is 0 Å². The molecule has 23 heavy (non-hydrogen) atoms. The molecule has 0 aliphatic heterocycles. The van der Waals surface area contributed by atoms with E-state index in [0.29, 0.717) is 6.54 Å². The number of nitrogens with one attached hydrogen (secondary N) is 1. The van der Waals surface area contributed by atoms with Gasteiger partial charge in [0.15, 0.2) is 0 Å². The quantitative estimate of drug-likeness (QED) is 0.570. The molecule has 2 N–H and O–H groups in total. The lowest BCUT2D eigenvalue weighted by Gasteiger charge is -2.15. The van der Waals surface area contributed by atoms with E-state index >= 15 is 0 Å². The van der Waals surface area contributed by atoms with E-state index in [1.165, 1.54) is 32.1 Å². The van der Waals surface area contributed by atoms with Crippen molar-refractivity contribution < 1.29 is 14.7 Å². The molecule has 0 radical (unpaired) electrons. The van der Waals surface area contributed by atoms with Gasteiger partial charge in [-0.15, -0.1) is 0 Å². The minimum Gasteiger partial charge on any atom is -0.481 e. The molecule has 1 atom stereocenters. The summed E-state index contributed by atoms with van der Waals surface area (Å²) in [5.41, 5.74) is 0.756. The Morgan fingerprint density at radius 1 is 1.00 bits per heavy atom. The van der Waals surface area contributed by atoms with Gasteiger partial charge >= 0.3 is 5.97 Å². The number of amides is 1. The maximum absolute atomic E-state index is 12.3. The van der Waals surface area contributed by atoms with Gasteiger partial charge in [0.05, 0.1) is 12.3 Å². The number of hydrogen-bond donors (Lipinski definition) is 2. The van der Waals surface area contributed by atoms with Crippen molar-refractivity contribution in [1.29, 1.82) is 0 Å². The summed E-state index contributed by atoms with van der Waals surface area (Å²) in [6.07, 6.45) is 8.18. The topological polar surface area (TPSA) is 66.4 Å². The molecule has 1 aromatic rings. The Kier molecular flexibility index (Phi) is 9.76. The van der Waals surface area contributed by atoms with Crippen molar-refractivity contribution in [1.82, 2.24) is 5.32 Å². The highest BCUT2D eigenvalue weighted by molar-refractivity contribution is 5.87. The van der Waals surface area contributed by atoms with Gasteiger partial charge in [-0.25, -0.2) is 0 Å². The number of carboxylic acids is 1. The lowest BCUT2D eigenvalue weighted by Crippen LogP contribution is -2.31. The van der Waals surface area contributed by atoms with Crippen LogP contribution >= 0.6 is 0 Å². The molecule has 1 unspecified atom stereocenters. The first-order chi connectivity index (χ1) is 11.1. The van der Waals surface area contributed by atoms with E-state index in [1.54, 1.807) is 12.1 Å². The number of carbonyl (C=O) groups excluding carboxylic acids is 1. The summed E-state index contributed by atoms with van der Waals surface area (Å²) >= 11 is 0. The van der Waals surface area contributed by atoms with E-state index in [2.05, 4.69) is 12.2 Å². The maximum atomic E-state index is 12.3. The van der Waals surface area contributed by atoms with E-state index in [0.717, 1.165) is 18.4 Å². The third-order valence-corrected chi connectivity index (χ3v) is 3.98. The molecule has 0 aromatic heterocycles. The lowest BCUT2D eigenvalue weighted by atomic mass is 9.95. The fraction of sp³-hybridized carbons (Fsp3) is 0.579. The van der Waals surface area contributed by atoms with Gasteiger partial charge in [-0.2, -0.15) is 0 Å². The molecule has 128 valence electrons. The normalized spacial score (nSPS) is 11.9. The van der Waals surface area contributed by atoms with Gasteiger partial charge in [-0.3, -0.25) is 9.59 Å². The van der Waals surface area contributed by atoms with Gasteiger partial charge in [-0.1, -0.05) is 75.8 Å². The average Bonchev–Trinajstić information content (AvgIpc) is 2.55. The molecule has 0 saturated carbocycles. The molecule has 0 spiro atoms. The number of aliphatic carboxylic acids is 1. The largest absolute Gasteiger partial charge is 0.481 e. The standard InChI is InChI=1S/C19H29NO3/c1-2-3-4-5-6-7-11-14-20-19(23)17(15-18(21)22)16-12-9-8-10-13-16/h8-10,12-13,17H,2-7,11,14-15H2,1H3,(H,20,23)(H,21,22). The zero-order valence-corrected chi connectivity index (χ0v) is 14.1. The van der Waals surface area contributed by atoms with Crippen LogP contribution in [0.25, 0.3) is 0 Å². The van der Waals surface area contributed by atoms with Crippen LogP contribution in [0.1, 0.15) is 69.8 Å². The molecule has 1 rings (SSSR count). The molecule has 0 saturated heterocycles. The fourth-order valence-corrected chi connectivity index (χ4v) is 2.64. The van der Waals surface area contributed by atoms with Crippen molar-refractivity contribution in [3.05, 3.63) is 35.9 Å². The molecule has 1 aromatic carbocycles. The summed E-state index contributed by atoms with van der Waals surface area (Å²) < 4.78 is 0. The van der Waals surface area contributed by atoms with Crippen LogP contribution < -0.4 is 5.32 Å². The molecule has 4 nitrogen and oxygen atoms in total. The van der Waals surface area contributed by atoms with Crippen LogP contribution in [-0.2, 0) is 9.59 Å². The first-order valence-corrected chi connectivity index (χ1v) is 8.69. The van der Waals surface area contributed by atoms with E-state index in [1.807, 2.05) is 18.2 Å². The van der Waals surface area contributed by atoms with Crippen molar-refractivity contribution in [3.63, 3.8) is 0 Å². The monoisotopic (exact) mass is 319 g/mol. The van der Waals surface area contributed by atoms with Crippen LogP contribution in [-0.4, -0.2) is 23.5 Å². The average molecular weight is 319 g/mol. The minimum absolute atomic E-state index is 0.174. The summed E-state index contributed by atoms with van der Waals surface area (Å²) in [4.78, 5) is 23.3. The van der Waals surface area contributed by atoms with Crippen molar-refractivity contribution >= 4 is 11.9 Å². The van der Waals surface area contributed by atoms with Crippen molar-refractivity contribution in [3.8, 4) is 0 Å². The van der Waals surface area contributed by atoms with E-state index in [-0.39, 0.29) is 12.3 Å². The molecule has 0 aliphatic carbocycles. The number of benzene rings is 1. The molecule has 0 heterocycles. The second-order valence-corrected chi connectivity index (χ2v) is 5.97. The number of unbranched alkanes of at least 4 members (excludes halogenated alkanes) is 6. The fourth-order valence-electron chi connectivity index (χ4n) is 2.64. The first-order valence-electron chi connectivity index (χ1n) is 8.69. The zero-order chi connectivity index (χ0) is 16.9. The maximum Gasteiger partial charge on any atom is 0.304 e. The van der Waals surface area contributed by atoms with Crippen molar-refractivity contribution in [2.24, 2.45) is 0 Å². The Balaban J connectivity index is 2.33. The molecule has 1 amide bonds. The van der Waals surface area contributed by atoms with Crippen LogP contribution in [0.5, 0.6) is 0 Å². The zero-order valence-electron chi connectivity index (χ0n) is 14.1. The third kappa shape index (κ3) is 8.38. The Labute approximate surface area is 139 Å². The van der Waals surface area contributed by atoms with Crippen LogP contribution in [0, 0.1) is 0 Å². The SMILES string of the molecule is CCCCCCCCCNC(=O)C(CC(=O)O)c1ccccc1. The van der Waals surface area contributed by atoms with Crippen molar-refractivity contribution in [2.45, 2.75) is 64.2 Å². The van der Waals surface area contributed by atoms with Gasteiger partial charge < -0.3 is 10.4 Å². The smallest absolute Gasteiger partial charge is 0.304 e. The van der Waals surface area contributed by atoms with Crippen molar-refractivity contribution in [2.75, 3.05) is 6.54 Å².